The Morgan fingerprint density at radius 2 is 2.08 bits per heavy atom. The van der Waals surface area contributed by atoms with Gasteiger partial charge in [-0.05, 0) is 45.7 Å². The van der Waals surface area contributed by atoms with Crippen molar-refractivity contribution in [2.75, 3.05) is 10.2 Å². The summed E-state index contributed by atoms with van der Waals surface area (Å²) in [5.41, 5.74) is 2.29. The second-order valence-corrected chi connectivity index (χ2v) is 8.89. The van der Waals surface area contributed by atoms with Crippen LogP contribution in [0.1, 0.15) is 33.3 Å². The summed E-state index contributed by atoms with van der Waals surface area (Å²) < 4.78 is 0.819. The van der Waals surface area contributed by atoms with Crippen molar-refractivity contribution in [2.24, 2.45) is 0 Å². The van der Waals surface area contributed by atoms with Crippen LogP contribution < -0.4 is 10.2 Å². The molecule has 0 saturated carbocycles. The zero-order valence-electron chi connectivity index (χ0n) is 14.3. The number of nitrogens with one attached hydrogen (secondary N) is 1. The second-order valence-electron chi connectivity index (χ2n) is 6.32. The Kier molecular flexibility index (Phi) is 5.10. The number of rotatable bonds is 5. The van der Waals surface area contributed by atoms with Crippen molar-refractivity contribution in [1.82, 2.24) is 10.2 Å². The zero-order chi connectivity index (χ0) is 17.3. The molecule has 1 N–H and O–H groups in total. The summed E-state index contributed by atoms with van der Waals surface area (Å²) in [4.78, 5) is 14.9. The molecule has 1 amide bonds. The van der Waals surface area contributed by atoms with E-state index in [9.17, 15) is 4.79 Å². The van der Waals surface area contributed by atoms with Gasteiger partial charge >= 0.3 is 0 Å². The molecule has 1 aromatic carbocycles. The number of hydrogen-bond acceptors (Lipinski definition) is 6. The average Bonchev–Trinajstić information content (AvgIpc) is 3.08. The lowest BCUT2D eigenvalue weighted by atomic mass is 10.1. The lowest BCUT2D eigenvalue weighted by Gasteiger charge is -2.25. The highest BCUT2D eigenvalue weighted by molar-refractivity contribution is 8.02. The van der Waals surface area contributed by atoms with Crippen LogP contribution in [-0.4, -0.2) is 33.4 Å². The molecule has 1 aromatic heterocycles. The number of anilines is 2. The van der Waals surface area contributed by atoms with Crippen molar-refractivity contribution in [3.8, 4) is 0 Å². The molecular formula is C17H22N4OS2. The number of carbonyl (C=O) groups is 1. The number of benzene rings is 1. The number of amides is 1. The Morgan fingerprint density at radius 3 is 2.83 bits per heavy atom. The van der Waals surface area contributed by atoms with Crippen LogP contribution in [0.5, 0.6) is 0 Å². The van der Waals surface area contributed by atoms with Crippen molar-refractivity contribution in [3.05, 3.63) is 29.8 Å². The van der Waals surface area contributed by atoms with Crippen LogP contribution in [0.4, 0.5) is 10.8 Å². The summed E-state index contributed by atoms with van der Waals surface area (Å²) in [5.74, 6) is 0.131. The van der Waals surface area contributed by atoms with Crippen molar-refractivity contribution < 1.29 is 4.79 Å². The van der Waals surface area contributed by atoms with Crippen LogP contribution in [0.3, 0.4) is 0 Å². The van der Waals surface area contributed by atoms with E-state index in [0.29, 0.717) is 6.04 Å². The lowest BCUT2D eigenvalue weighted by Crippen LogP contribution is -2.40. The Hall–Kier alpha value is -1.60. The molecule has 128 valence electrons. The van der Waals surface area contributed by atoms with E-state index in [-0.39, 0.29) is 17.2 Å². The third kappa shape index (κ3) is 3.57. The molecule has 2 unspecified atom stereocenters. The quantitative estimate of drug-likeness (QED) is 0.820. The first-order valence-electron chi connectivity index (χ1n) is 8.13. The summed E-state index contributed by atoms with van der Waals surface area (Å²) in [6.45, 7) is 8.17. The maximum atomic E-state index is 13.0. The van der Waals surface area contributed by atoms with Gasteiger partial charge in [0.05, 0.1) is 5.25 Å². The normalized spacial score (nSPS) is 17.9. The molecule has 2 heterocycles. The number of nitrogens with zero attached hydrogens (tertiary/aromatic N) is 3. The maximum Gasteiger partial charge on any atom is 0.240 e. The Bertz CT molecular complexity index is 731. The SMILES string of the molecule is CC(C)Nc1nnc(SC(C)C(=O)N2c3ccccc3CC2C)s1. The monoisotopic (exact) mass is 362 g/mol. The van der Waals surface area contributed by atoms with Crippen molar-refractivity contribution in [2.45, 2.75) is 55.8 Å². The fourth-order valence-electron chi connectivity index (χ4n) is 2.86. The summed E-state index contributed by atoms with van der Waals surface area (Å²) >= 11 is 2.97. The van der Waals surface area contributed by atoms with Crippen LogP contribution in [0, 0.1) is 0 Å². The molecule has 3 rings (SSSR count). The van der Waals surface area contributed by atoms with Gasteiger partial charge in [0, 0.05) is 17.8 Å². The molecule has 0 saturated heterocycles. The number of carbonyl (C=O) groups excluding carboxylic acids is 1. The van der Waals surface area contributed by atoms with Crippen LogP contribution in [0.2, 0.25) is 0 Å². The van der Waals surface area contributed by atoms with Gasteiger partial charge in [-0.15, -0.1) is 10.2 Å². The third-order valence-electron chi connectivity index (χ3n) is 3.89. The molecule has 2 atom stereocenters. The zero-order valence-corrected chi connectivity index (χ0v) is 15.9. The highest BCUT2D eigenvalue weighted by Crippen LogP contribution is 2.35. The lowest BCUT2D eigenvalue weighted by molar-refractivity contribution is -0.118. The standard InChI is InChI=1S/C17H22N4OS2/c1-10(2)18-16-19-20-17(24-16)23-12(4)15(22)21-11(3)9-13-7-5-6-8-14(13)21/h5-8,10-12H,9H2,1-4H3,(H,18,19). The molecule has 5 nitrogen and oxygen atoms in total. The van der Waals surface area contributed by atoms with E-state index in [2.05, 4.69) is 42.4 Å². The fraction of sp³-hybridized carbons (Fsp3) is 0.471. The van der Waals surface area contributed by atoms with Crippen LogP contribution in [-0.2, 0) is 11.2 Å². The minimum atomic E-state index is -0.196. The van der Waals surface area contributed by atoms with E-state index < -0.39 is 0 Å². The number of thioether (sulfide) groups is 1. The number of hydrogen-bond donors (Lipinski definition) is 1. The maximum absolute atomic E-state index is 13.0. The number of para-hydroxylation sites is 1. The first-order chi connectivity index (χ1) is 11.5. The molecule has 7 heteroatoms. The van der Waals surface area contributed by atoms with Gasteiger partial charge in [-0.25, -0.2) is 0 Å². The molecular weight excluding hydrogens is 340 g/mol. The van der Waals surface area contributed by atoms with Gasteiger partial charge in [-0.2, -0.15) is 0 Å². The van der Waals surface area contributed by atoms with E-state index in [1.807, 2.05) is 30.0 Å². The number of aromatic nitrogens is 2. The summed E-state index contributed by atoms with van der Waals surface area (Å²) in [5, 5.41) is 12.1. The fourth-order valence-corrected chi connectivity index (χ4v) is 4.95. The average molecular weight is 363 g/mol. The first-order valence-corrected chi connectivity index (χ1v) is 9.83. The van der Waals surface area contributed by atoms with Gasteiger partial charge in [0.25, 0.3) is 0 Å². The Balaban J connectivity index is 1.70. The molecule has 0 radical (unpaired) electrons. The summed E-state index contributed by atoms with van der Waals surface area (Å²) in [7, 11) is 0. The van der Waals surface area contributed by atoms with Gasteiger partial charge < -0.3 is 10.2 Å². The highest BCUT2D eigenvalue weighted by atomic mass is 32.2. The van der Waals surface area contributed by atoms with Crippen molar-refractivity contribution in [1.29, 1.82) is 0 Å². The van der Waals surface area contributed by atoms with Crippen molar-refractivity contribution in [3.63, 3.8) is 0 Å². The molecule has 2 aromatic rings. The largest absolute Gasteiger partial charge is 0.358 e. The summed E-state index contributed by atoms with van der Waals surface area (Å²) in [6.07, 6.45) is 0.917. The van der Waals surface area contributed by atoms with E-state index in [1.165, 1.54) is 28.7 Å². The van der Waals surface area contributed by atoms with Gasteiger partial charge in [-0.1, -0.05) is 41.3 Å². The third-order valence-corrected chi connectivity index (χ3v) is 5.91. The smallest absolute Gasteiger partial charge is 0.240 e. The molecule has 0 fully saturated rings. The predicted octanol–water partition coefficient (Wildman–Crippen LogP) is 3.82. The van der Waals surface area contributed by atoms with Gasteiger partial charge in [-0.3, -0.25) is 4.79 Å². The molecule has 0 bridgehead atoms. The second kappa shape index (κ2) is 7.11. The van der Waals surface area contributed by atoms with E-state index >= 15 is 0 Å². The summed E-state index contributed by atoms with van der Waals surface area (Å²) in [6, 6.07) is 8.67. The predicted molar refractivity (Wildman–Crippen MR) is 101 cm³/mol. The molecule has 0 spiro atoms. The van der Waals surface area contributed by atoms with Crippen LogP contribution in [0.25, 0.3) is 0 Å². The Morgan fingerprint density at radius 1 is 1.33 bits per heavy atom. The minimum Gasteiger partial charge on any atom is -0.358 e. The topological polar surface area (TPSA) is 58.1 Å². The van der Waals surface area contributed by atoms with Gasteiger partial charge in [0.15, 0.2) is 4.34 Å². The molecule has 24 heavy (non-hydrogen) atoms. The molecule has 0 aliphatic carbocycles. The van der Waals surface area contributed by atoms with E-state index in [4.69, 9.17) is 0 Å². The molecule has 1 aliphatic heterocycles. The van der Waals surface area contributed by atoms with Gasteiger partial charge in [0.1, 0.15) is 0 Å². The number of fused-ring (bicyclic) bond motifs is 1. The van der Waals surface area contributed by atoms with Crippen molar-refractivity contribution >= 4 is 39.8 Å². The van der Waals surface area contributed by atoms with E-state index in [0.717, 1.165) is 21.6 Å². The van der Waals surface area contributed by atoms with Gasteiger partial charge in [0.2, 0.25) is 11.0 Å². The first kappa shape index (κ1) is 17.2. The van der Waals surface area contributed by atoms with Crippen LogP contribution in [0.15, 0.2) is 28.6 Å². The molecule has 1 aliphatic rings. The highest BCUT2D eigenvalue weighted by Gasteiger charge is 2.33. The Labute approximate surface area is 150 Å². The van der Waals surface area contributed by atoms with E-state index in [1.54, 1.807) is 0 Å². The van der Waals surface area contributed by atoms with Crippen LogP contribution >= 0.6 is 23.1 Å². The minimum absolute atomic E-state index is 0.131.